The molecule has 0 spiro atoms. The lowest BCUT2D eigenvalue weighted by atomic mass is 9.86. The number of hydrogen-bond donors (Lipinski definition) is 0. The van der Waals surface area contributed by atoms with Crippen LogP contribution >= 0.6 is 11.6 Å². The van der Waals surface area contributed by atoms with Gasteiger partial charge < -0.3 is 4.42 Å². The third kappa shape index (κ3) is 2.44. The first-order valence-corrected chi connectivity index (χ1v) is 6.96. The first kappa shape index (κ1) is 13.2. The molecule has 0 unspecified atom stereocenters. The molecule has 3 rings (SSSR count). The highest BCUT2D eigenvalue weighted by Crippen LogP contribution is 2.31. The smallest absolute Gasteiger partial charge is 0.152 e. The zero-order chi connectivity index (χ0) is 14.3. The van der Waals surface area contributed by atoms with Gasteiger partial charge in [-0.3, -0.25) is 4.98 Å². The maximum absolute atomic E-state index is 6.26. The fourth-order valence-corrected chi connectivity index (χ4v) is 2.43. The molecule has 0 saturated carbocycles. The summed E-state index contributed by atoms with van der Waals surface area (Å²) in [6.07, 6.45) is 3.43. The van der Waals surface area contributed by atoms with Crippen LogP contribution in [-0.4, -0.2) is 4.98 Å². The lowest BCUT2D eigenvalue weighted by molar-refractivity contribution is 0.590. The molecule has 0 aliphatic rings. The maximum atomic E-state index is 6.26. The van der Waals surface area contributed by atoms with Crippen molar-refractivity contribution >= 4 is 22.6 Å². The van der Waals surface area contributed by atoms with Crippen molar-refractivity contribution in [3.8, 4) is 11.3 Å². The summed E-state index contributed by atoms with van der Waals surface area (Å²) in [5.41, 5.74) is 4.00. The quantitative estimate of drug-likeness (QED) is 0.594. The fourth-order valence-electron chi connectivity index (χ4n) is 2.20. The van der Waals surface area contributed by atoms with Gasteiger partial charge in [0.15, 0.2) is 5.58 Å². The Kier molecular flexibility index (Phi) is 3.06. The highest BCUT2D eigenvalue weighted by Gasteiger charge is 2.16. The first-order valence-electron chi connectivity index (χ1n) is 6.58. The van der Waals surface area contributed by atoms with Crippen LogP contribution in [0.4, 0.5) is 0 Å². The second-order valence-electron chi connectivity index (χ2n) is 6.01. The average Bonchev–Trinajstić information content (AvgIpc) is 2.84. The van der Waals surface area contributed by atoms with Gasteiger partial charge in [0, 0.05) is 16.0 Å². The molecule has 0 amide bonds. The Balaban J connectivity index is 2.15. The number of rotatable bonds is 1. The van der Waals surface area contributed by atoms with E-state index in [4.69, 9.17) is 16.0 Å². The van der Waals surface area contributed by atoms with E-state index in [1.165, 1.54) is 5.56 Å². The van der Waals surface area contributed by atoms with Gasteiger partial charge in [0.2, 0.25) is 0 Å². The first-order chi connectivity index (χ1) is 9.43. The minimum Gasteiger partial charge on any atom is -0.463 e. The highest BCUT2D eigenvalue weighted by molar-refractivity contribution is 6.31. The van der Waals surface area contributed by atoms with E-state index < -0.39 is 0 Å². The van der Waals surface area contributed by atoms with Crippen LogP contribution in [0.1, 0.15) is 26.3 Å². The zero-order valence-electron chi connectivity index (χ0n) is 11.8. The van der Waals surface area contributed by atoms with Crippen LogP contribution in [0.15, 0.2) is 47.2 Å². The van der Waals surface area contributed by atoms with Crippen molar-refractivity contribution in [2.45, 2.75) is 26.2 Å². The molecule has 0 radical (unpaired) electrons. The third-order valence-corrected chi connectivity index (χ3v) is 3.62. The van der Waals surface area contributed by atoms with E-state index in [0.29, 0.717) is 0 Å². The minimum absolute atomic E-state index is 0.0550. The summed E-state index contributed by atoms with van der Waals surface area (Å²) >= 11 is 6.26. The molecule has 0 N–H and O–H groups in total. The summed E-state index contributed by atoms with van der Waals surface area (Å²) < 4.78 is 5.32. The van der Waals surface area contributed by atoms with Crippen LogP contribution in [0.5, 0.6) is 0 Å². The summed E-state index contributed by atoms with van der Waals surface area (Å²) in [6, 6.07) is 10.1. The number of halogens is 1. The molecule has 2 nitrogen and oxygen atoms in total. The van der Waals surface area contributed by atoms with Crippen molar-refractivity contribution in [2.75, 3.05) is 0 Å². The largest absolute Gasteiger partial charge is 0.463 e. The topological polar surface area (TPSA) is 26.0 Å². The molecule has 3 aromatic rings. The molecule has 0 atom stereocenters. The molecule has 2 aromatic heterocycles. The van der Waals surface area contributed by atoms with E-state index >= 15 is 0 Å². The van der Waals surface area contributed by atoms with Gasteiger partial charge >= 0.3 is 0 Å². The van der Waals surface area contributed by atoms with Gasteiger partial charge in [-0.15, -0.1) is 0 Å². The van der Waals surface area contributed by atoms with Crippen LogP contribution in [-0.2, 0) is 5.41 Å². The van der Waals surface area contributed by atoms with Crippen molar-refractivity contribution in [1.82, 2.24) is 4.98 Å². The summed E-state index contributed by atoms with van der Waals surface area (Å²) in [7, 11) is 0. The summed E-state index contributed by atoms with van der Waals surface area (Å²) in [5.74, 6) is 0. The van der Waals surface area contributed by atoms with Crippen molar-refractivity contribution in [3.05, 3.63) is 53.4 Å². The number of nitrogens with zero attached hydrogens (tertiary/aromatic N) is 1. The molecule has 2 heterocycles. The molecule has 0 aliphatic carbocycles. The van der Waals surface area contributed by atoms with E-state index in [1.54, 1.807) is 12.5 Å². The molecular weight excluding hydrogens is 270 g/mol. The van der Waals surface area contributed by atoms with Gasteiger partial charge in [-0.1, -0.05) is 32.4 Å². The Morgan fingerprint density at radius 2 is 1.90 bits per heavy atom. The Morgan fingerprint density at radius 1 is 1.10 bits per heavy atom. The van der Waals surface area contributed by atoms with Crippen LogP contribution in [0.2, 0.25) is 5.02 Å². The minimum atomic E-state index is 0.0550. The van der Waals surface area contributed by atoms with Gasteiger partial charge in [0.1, 0.15) is 0 Å². The molecule has 20 heavy (non-hydrogen) atoms. The second-order valence-corrected chi connectivity index (χ2v) is 6.44. The Hall–Kier alpha value is -1.80. The number of pyridine rings is 1. The van der Waals surface area contributed by atoms with Gasteiger partial charge in [0.25, 0.3) is 0 Å². The molecule has 3 heteroatoms. The SMILES string of the molecule is CC(C)(C)c1cc(Cl)cc(-c2cc3ccoc3cn2)c1. The Bertz CT molecular complexity index is 768. The van der Waals surface area contributed by atoms with Gasteiger partial charge in [-0.05, 0) is 41.3 Å². The Morgan fingerprint density at radius 3 is 2.65 bits per heavy atom. The number of furan rings is 1. The molecule has 0 aliphatic heterocycles. The van der Waals surface area contributed by atoms with E-state index in [1.807, 2.05) is 24.3 Å². The second kappa shape index (κ2) is 4.64. The highest BCUT2D eigenvalue weighted by atomic mass is 35.5. The lowest BCUT2D eigenvalue weighted by Crippen LogP contribution is -2.11. The zero-order valence-corrected chi connectivity index (χ0v) is 12.5. The predicted molar refractivity (Wildman–Crippen MR) is 83.2 cm³/mol. The van der Waals surface area contributed by atoms with Crippen molar-refractivity contribution in [3.63, 3.8) is 0 Å². The number of hydrogen-bond acceptors (Lipinski definition) is 2. The van der Waals surface area contributed by atoms with Crippen LogP contribution in [0.3, 0.4) is 0 Å². The van der Waals surface area contributed by atoms with E-state index in [-0.39, 0.29) is 5.41 Å². The summed E-state index contributed by atoms with van der Waals surface area (Å²) in [5, 5.41) is 1.79. The lowest BCUT2D eigenvalue weighted by Gasteiger charge is -2.20. The summed E-state index contributed by atoms with van der Waals surface area (Å²) in [6.45, 7) is 6.53. The van der Waals surface area contributed by atoms with Gasteiger partial charge in [0.05, 0.1) is 18.2 Å². The van der Waals surface area contributed by atoms with E-state index in [9.17, 15) is 0 Å². The molecular formula is C17H16ClNO. The van der Waals surface area contributed by atoms with Crippen molar-refractivity contribution in [2.24, 2.45) is 0 Å². The average molecular weight is 286 g/mol. The van der Waals surface area contributed by atoms with E-state index in [0.717, 1.165) is 27.2 Å². The van der Waals surface area contributed by atoms with Crippen LogP contribution < -0.4 is 0 Å². The van der Waals surface area contributed by atoms with Crippen LogP contribution in [0.25, 0.3) is 22.2 Å². The fraction of sp³-hybridized carbons (Fsp3) is 0.235. The predicted octanol–water partition coefficient (Wildman–Crippen LogP) is 5.45. The number of fused-ring (bicyclic) bond motifs is 1. The molecule has 0 fully saturated rings. The maximum Gasteiger partial charge on any atom is 0.152 e. The van der Waals surface area contributed by atoms with Crippen molar-refractivity contribution < 1.29 is 4.42 Å². The van der Waals surface area contributed by atoms with Gasteiger partial charge in [-0.2, -0.15) is 0 Å². The Labute approximate surface area is 123 Å². The van der Waals surface area contributed by atoms with E-state index in [2.05, 4.69) is 31.8 Å². The molecule has 102 valence electrons. The molecule has 0 saturated heterocycles. The number of aromatic nitrogens is 1. The monoisotopic (exact) mass is 285 g/mol. The summed E-state index contributed by atoms with van der Waals surface area (Å²) in [4.78, 5) is 4.46. The number of benzene rings is 1. The standard InChI is InChI=1S/C17H16ClNO/c1-17(2,3)13-6-12(7-14(18)9-13)15-8-11-4-5-20-16(11)10-19-15/h4-10H,1-3H3. The van der Waals surface area contributed by atoms with Crippen molar-refractivity contribution in [1.29, 1.82) is 0 Å². The normalized spacial score (nSPS) is 12.0. The molecule has 1 aromatic carbocycles. The molecule has 0 bridgehead atoms. The van der Waals surface area contributed by atoms with Crippen LogP contribution in [0, 0.1) is 0 Å². The van der Waals surface area contributed by atoms with Gasteiger partial charge in [-0.25, -0.2) is 0 Å². The third-order valence-electron chi connectivity index (χ3n) is 3.40.